The fourth-order valence-electron chi connectivity index (χ4n) is 3.69. The lowest BCUT2D eigenvalue weighted by Gasteiger charge is -2.13. The lowest BCUT2D eigenvalue weighted by molar-refractivity contribution is 0.0940. The first-order chi connectivity index (χ1) is 14.5. The van der Waals surface area contributed by atoms with Gasteiger partial charge in [0.25, 0.3) is 5.91 Å². The van der Waals surface area contributed by atoms with Crippen LogP contribution in [0.2, 0.25) is 0 Å². The maximum Gasteiger partial charge on any atom is 0.252 e. The van der Waals surface area contributed by atoms with Crippen LogP contribution in [0.5, 0.6) is 0 Å². The predicted molar refractivity (Wildman–Crippen MR) is 119 cm³/mol. The van der Waals surface area contributed by atoms with E-state index >= 15 is 0 Å². The van der Waals surface area contributed by atoms with Crippen molar-refractivity contribution in [2.24, 2.45) is 7.05 Å². The van der Waals surface area contributed by atoms with Crippen LogP contribution in [0.4, 0.5) is 0 Å². The summed E-state index contributed by atoms with van der Waals surface area (Å²) in [6.45, 7) is 3.82. The molecule has 0 fully saturated rings. The zero-order valence-corrected chi connectivity index (χ0v) is 17.6. The predicted octanol–water partition coefficient (Wildman–Crippen LogP) is 4.37. The average Bonchev–Trinajstić information content (AvgIpc) is 3.47. The molecule has 1 unspecified atom stereocenters. The van der Waals surface area contributed by atoms with Gasteiger partial charge in [0.15, 0.2) is 5.65 Å². The van der Waals surface area contributed by atoms with Crippen molar-refractivity contribution in [1.82, 2.24) is 30.0 Å². The van der Waals surface area contributed by atoms with Gasteiger partial charge in [-0.25, -0.2) is 9.97 Å². The average molecular weight is 417 g/mol. The minimum absolute atomic E-state index is 0.177. The summed E-state index contributed by atoms with van der Waals surface area (Å²) in [5.74, 6) is 0.542. The standard InChI is InChI=1S/C22H20N6OS/c1-12-19-14(11-17(18-9-6-10-30-18)26-21(19)28(3)27-12)22(29)23-13(2)20-24-15-7-4-5-8-16(15)25-20/h4-11,13H,1-3H3,(H,23,29)(H,24,25). The molecule has 0 saturated heterocycles. The second kappa shape index (κ2) is 7.07. The number of aromatic nitrogens is 5. The van der Waals surface area contributed by atoms with Crippen LogP contribution in [0.1, 0.15) is 34.8 Å². The van der Waals surface area contributed by atoms with Crippen molar-refractivity contribution in [3.05, 3.63) is 64.9 Å². The lowest BCUT2D eigenvalue weighted by atomic mass is 10.1. The second-order valence-electron chi connectivity index (χ2n) is 7.27. The van der Waals surface area contributed by atoms with E-state index in [1.165, 1.54) is 0 Å². The molecule has 4 heterocycles. The molecule has 0 radical (unpaired) electrons. The van der Waals surface area contributed by atoms with Crippen LogP contribution in [-0.4, -0.2) is 30.6 Å². The minimum atomic E-state index is -0.282. The number of para-hydroxylation sites is 2. The number of rotatable bonds is 4. The Morgan fingerprint density at radius 3 is 2.80 bits per heavy atom. The van der Waals surface area contributed by atoms with Gasteiger partial charge in [0, 0.05) is 7.05 Å². The molecule has 0 aliphatic rings. The number of carbonyl (C=O) groups excluding carboxylic acids is 1. The Morgan fingerprint density at radius 2 is 2.03 bits per heavy atom. The van der Waals surface area contributed by atoms with E-state index in [2.05, 4.69) is 20.4 Å². The number of hydrogen-bond acceptors (Lipinski definition) is 5. The second-order valence-corrected chi connectivity index (χ2v) is 8.22. The Kier molecular flexibility index (Phi) is 4.36. The first-order valence-corrected chi connectivity index (χ1v) is 10.5. The van der Waals surface area contributed by atoms with E-state index < -0.39 is 0 Å². The molecule has 4 aromatic heterocycles. The number of pyridine rings is 1. The van der Waals surface area contributed by atoms with Gasteiger partial charge >= 0.3 is 0 Å². The number of aromatic amines is 1. The topological polar surface area (TPSA) is 88.5 Å². The molecule has 0 aliphatic heterocycles. The minimum Gasteiger partial charge on any atom is -0.342 e. The monoisotopic (exact) mass is 416 g/mol. The molecule has 5 aromatic rings. The van der Waals surface area contributed by atoms with Crippen LogP contribution in [0.15, 0.2) is 47.8 Å². The summed E-state index contributed by atoms with van der Waals surface area (Å²) in [5, 5.41) is 10.3. The van der Waals surface area contributed by atoms with E-state index in [4.69, 9.17) is 4.98 Å². The summed E-state index contributed by atoms with van der Waals surface area (Å²) in [4.78, 5) is 27.0. The number of benzene rings is 1. The van der Waals surface area contributed by atoms with Gasteiger partial charge in [-0.2, -0.15) is 5.10 Å². The molecular weight excluding hydrogens is 396 g/mol. The maximum absolute atomic E-state index is 13.3. The molecule has 1 amide bonds. The van der Waals surface area contributed by atoms with Crippen LogP contribution in [-0.2, 0) is 7.05 Å². The van der Waals surface area contributed by atoms with Gasteiger partial charge in [0.2, 0.25) is 0 Å². The number of carbonyl (C=O) groups is 1. The number of fused-ring (bicyclic) bond motifs is 2. The van der Waals surface area contributed by atoms with Crippen molar-refractivity contribution < 1.29 is 4.79 Å². The molecule has 150 valence electrons. The van der Waals surface area contributed by atoms with E-state index in [9.17, 15) is 4.79 Å². The summed E-state index contributed by atoms with van der Waals surface area (Å²) >= 11 is 1.59. The van der Waals surface area contributed by atoms with Crippen molar-refractivity contribution in [1.29, 1.82) is 0 Å². The maximum atomic E-state index is 13.3. The normalized spacial score (nSPS) is 12.5. The molecule has 7 nitrogen and oxygen atoms in total. The molecular formula is C22H20N6OS. The third-order valence-electron chi connectivity index (χ3n) is 5.15. The lowest BCUT2D eigenvalue weighted by Crippen LogP contribution is -2.27. The molecule has 0 spiro atoms. The van der Waals surface area contributed by atoms with Gasteiger partial charge in [-0.15, -0.1) is 11.3 Å². The molecule has 1 aromatic carbocycles. The molecule has 30 heavy (non-hydrogen) atoms. The third-order valence-corrected chi connectivity index (χ3v) is 6.04. The van der Waals surface area contributed by atoms with Gasteiger partial charge in [0.1, 0.15) is 5.82 Å². The molecule has 2 N–H and O–H groups in total. The fourth-order valence-corrected chi connectivity index (χ4v) is 4.38. The number of aryl methyl sites for hydroxylation is 2. The van der Waals surface area contributed by atoms with Crippen molar-refractivity contribution >= 4 is 39.3 Å². The van der Waals surface area contributed by atoms with Gasteiger partial charge < -0.3 is 10.3 Å². The Hall–Kier alpha value is -3.52. The van der Waals surface area contributed by atoms with Crippen molar-refractivity contribution in [3.8, 4) is 10.6 Å². The van der Waals surface area contributed by atoms with Crippen molar-refractivity contribution in [3.63, 3.8) is 0 Å². The largest absolute Gasteiger partial charge is 0.342 e. The number of H-pyrrole nitrogens is 1. The van der Waals surface area contributed by atoms with Gasteiger partial charge in [-0.05, 0) is 43.5 Å². The van der Waals surface area contributed by atoms with Crippen LogP contribution in [0.3, 0.4) is 0 Å². The van der Waals surface area contributed by atoms with Crippen LogP contribution in [0.25, 0.3) is 32.6 Å². The summed E-state index contributed by atoms with van der Waals surface area (Å²) in [6, 6.07) is 13.4. The number of amides is 1. The third kappa shape index (κ3) is 3.05. The van der Waals surface area contributed by atoms with E-state index in [1.807, 2.05) is 68.7 Å². The number of thiophene rings is 1. The highest BCUT2D eigenvalue weighted by Gasteiger charge is 2.22. The highest BCUT2D eigenvalue weighted by atomic mass is 32.1. The number of nitrogens with zero attached hydrogens (tertiary/aromatic N) is 4. The fraction of sp³-hybridized carbons (Fsp3) is 0.182. The summed E-state index contributed by atoms with van der Waals surface area (Å²) in [7, 11) is 1.85. The van der Waals surface area contributed by atoms with Crippen molar-refractivity contribution in [2.75, 3.05) is 0 Å². The van der Waals surface area contributed by atoms with E-state index in [0.29, 0.717) is 11.2 Å². The first kappa shape index (κ1) is 18.5. The summed E-state index contributed by atoms with van der Waals surface area (Å²) in [5.41, 5.74) is 4.63. The number of hydrogen-bond donors (Lipinski definition) is 2. The van der Waals surface area contributed by atoms with E-state index in [0.717, 1.165) is 38.5 Å². The molecule has 0 bridgehead atoms. The van der Waals surface area contributed by atoms with Crippen molar-refractivity contribution in [2.45, 2.75) is 19.9 Å². The first-order valence-electron chi connectivity index (χ1n) is 9.65. The Morgan fingerprint density at radius 1 is 1.20 bits per heavy atom. The quantitative estimate of drug-likeness (QED) is 0.455. The Labute approximate surface area is 176 Å². The highest BCUT2D eigenvalue weighted by Crippen LogP contribution is 2.29. The van der Waals surface area contributed by atoms with Gasteiger partial charge in [-0.1, -0.05) is 18.2 Å². The Balaban J connectivity index is 1.55. The highest BCUT2D eigenvalue weighted by molar-refractivity contribution is 7.13. The van der Waals surface area contributed by atoms with E-state index in [1.54, 1.807) is 16.0 Å². The molecule has 1 atom stereocenters. The van der Waals surface area contributed by atoms with Crippen LogP contribution >= 0.6 is 11.3 Å². The summed E-state index contributed by atoms with van der Waals surface area (Å²) in [6.07, 6.45) is 0. The van der Waals surface area contributed by atoms with Gasteiger partial charge in [0.05, 0.1) is 44.3 Å². The van der Waals surface area contributed by atoms with E-state index in [-0.39, 0.29) is 11.9 Å². The van der Waals surface area contributed by atoms with Crippen LogP contribution < -0.4 is 5.32 Å². The zero-order chi connectivity index (χ0) is 20.8. The van der Waals surface area contributed by atoms with Gasteiger partial charge in [-0.3, -0.25) is 9.48 Å². The number of nitrogens with one attached hydrogen (secondary N) is 2. The number of imidazole rings is 1. The SMILES string of the molecule is Cc1nn(C)c2nc(-c3cccs3)cc(C(=O)NC(C)c3nc4ccccc4[nH]3)c12. The Bertz CT molecular complexity index is 1350. The molecule has 8 heteroatoms. The smallest absolute Gasteiger partial charge is 0.252 e. The zero-order valence-electron chi connectivity index (χ0n) is 16.8. The van der Waals surface area contributed by atoms with Crippen LogP contribution in [0, 0.1) is 6.92 Å². The summed E-state index contributed by atoms with van der Waals surface area (Å²) < 4.78 is 1.72. The molecule has 0 saturated carbocycles. The molecule has 0 aliphatic carbocycles. The molecule has 5 rings (SSSR count).